The smallest absolute Gasteiger partial charge is 0.262 e. The van der Waals surface area contributed by atoms with Gasteiger partial charge in [0, 0.05) is 11.3 Å². The second-order valence-electron chi connectivity index (χ2n) is 4.21. The Labute approximate surface area is 122 Å². The molecule has 0 bridgehead atoms. The van der Waals surface area contributed by atoms with Gasteiger partial charge in [0.2, 0.25) is 0 Å². The highest BCUT2D eigenvalue weighted by molar-refractivity contribution is 7.15. The van der Waals surface area contributed by atoms with Crippen molar-refractivity contribution in [2.45, 2.75) is 19.8 Å². The number of rotatable bonds is 6. The van der Waals surface area contributed by atoms with Crippen molar-refractivity contribution in [1.82, 2.24) is 0 Å². The first-order valence-corrected chi connectivity index (χ1v) is 7.38. The lowest BCUT2D eigenvalue weighted by atomic mass is 10.1. The van der Waals surface area contributed by atoms with Crippen molar-refractivity contribution in [3.05, 3.63) is 51.7 Å². The van der Waals surface area contributed by atoms with Crippen LogP contribution in [0.2, 0.25) is 0 Å². The second-order valence-corrected chi connectivity index (χ2v) is 5.72. The van der Waals surface area contributed by atoms with Gasteiger partial charge in [0.25, 0.3) is 5.24 Å². The molecule has 0 saturated heterocycles. The van der Waals surface area contributed by atoms with Crippen LogP contribution in [-0.2, 0) is 6.42 Å². The highest BCUT2D eigenvalue weighted by atomic mass is 35.5. The van der Waals surface area contributed by atoms with E-state index in [-0.39, 0.29) is 5.24 Å². The minimum absolute atomic E-state index is 0.389. The lowest BCUT2D eigenvalue weighted by Gasteiger charge is -2.05. The average Bonchev–Trinajstić information content (AvgIpc) is 2.87. The summed E-state index contributed by atoms with van der Waals surface area (Å²) in [6.07, 6.45) is 1.81. The van der Waals surface area contributed by atoms with E-state index in [2.05, 4.69) is 6.92 Å². The number of benzene rings is 1. The molecule has 0 amide bonds. The maximum Gasteiger partial charge on any atom is 0.262 e. The third kappa shape index (κ3) is 4.08. The molecule has 2 aromatic rings. The standard InChI is InChI=1S/C15H15ClO2S/c1-2-9-18-12-5-3-11(4-6-12)10-13-7-8-14(19-13)15(16)17/h3-8H,2,9-10H2,1H3. The molecule has 2 rings (SSSR count). The van der Waals surface area contributed by atoms with E-state index in [9.17, 15) is 4.79 Å². The van der Waals surface area contributed by atoms with Crippen molar-refractivity contribution >= 4 is 28.2 Å². The van der Waals surface area contributed by atoms with Crippen LogP contribution in [0.5, 0.6) is 5.75 Å². The number of carbonyl (C=O) groups excluding carboxylic acids is 1. The Kier molecular flexibility index (Phi) is 5.00. The van der Waals surface area contributed by atoms with E-state index in [0.717, 1.165) is 30.1 Å². The van der Waals surface area contributed by atoms with E-state index in [0.29, 0.717) is 4.88 Å². The van der Waals surface area contributed by atoms with E-state index >= 15 is 0 Å². The van der Waals surface area contributed by atoms with Crippen LogP contribution in [-0.4, -0.2) is 11.8 Å². The van der Waals surface area contributed by atoms with E-state index < -0.39 is 0 Å². The Hall–Kier alpha value is -1.32. The Balaban J connectivity index is 2.00. The molecule has 1 heterocycles. The molecule has 2 nitrogen and oxygen atoms in total. The van der Waals surface area contributed by atoms with E-state index in [1.165, 1.54) is 16.9 Å². The molecule has 0 N–H and O–H groups in total. The molecule has 0 fully saturated rings. The first-order chi connectivity index (χ1) is 9.19. The molecule has 0 aliphatic carbocycles. The number of carbonyl (C=O) groups is 1. The normalized spacial score (nSPS) is 10.4. The summed E-state index contributed by atoms with van der Waals surface area (Å²) in [4.78, 5) is 12.7. The maximum atomic E-state index is 11.0. The quantitative estimate of drug-likeness (QED) is 0.733. The van der Waals surface area contributed by atoms with Crippen molar-refractivity contribution in [2.24, 2.45) is 0 Å². The SMILES string of the molecule is CCCOc1ccc(Cc2ccc(C(=O)Cl)s2)cc1. The summed E-state index contributed by atoms with van der Waals surface area (Å²) < 4.78 is 5.54. The first-order valence-electron chi connectivity index (χ1n) is 6.19. The molecule has 0 radical (unpaired) electrons. The van der Waals surface area contributed by atoms with Crippen molar-refractivity contribution in [1.29, 1.82) is 0 Å². The molecule has 1 aromatic carbocycles. The number of halogens is 1. The summed E-state index contributed by atoms with van der Waals surface area (Å²) in [7, 11) is 0. The highest BCUT2D eigenvalue weighted by Crippen LogP contribution is 2.22. The average molecular weight is 295 g/mol. The van der Waals surface area contributed by atoms with Crippen LogP contribution in [0.4, 0.5) is 0 Å². The molecule has 19 heavy (non-hydrogen) atoms. The molecule has 0 spiro atoms. The van der Waals surface area contributed by atoms with Crippen molar-refractivity contribution in [3.8, 4) is 5.75 Å². The summed E-state index contributed by atoms with van der Waals surface area (Å²) in [6, 6.07) is 11.8. The van der Waals surface area contributed by atoms with Crippen LogP contribution >= 0.6 is 22.9 Å². The maximum absolute atomic E-state index is 11.0. The topological polar surface area (TPSA) is 26.3 Å². The number of hydrogen-bond acceptors (Lipinski definition) is 3. The predicted molar refractivity (Wildman–Crippen MR) is 79.5 cm³/mol. The fourth-order valence-electron chi connectivity index (χ4n) is 1.70. The highest BCUT2D eigenvalue weighted by Gasteiger charge is 2.06. The fourth-order valence-corrected chi connectivity index (χ4v) is 2.76. The zero-order valence-electron chi connectivity index (χ0n) is 10.7. The summed E-state index contributed by atoms with van der Waals surface area (Å²) in [6.45, 7) is 2.83. The van der Waals surface area contributed by atoms with Crippen molar-refractivity contribution < 1.29 is 9.53 Å². The van der Waals surface area contributed by atoms with Crippen LogP contribution in [0, 0.1) is 0 Å². The van der Waals surface area contributed by atoms with Gasteiger partial charge in [-0.3, -0.25) is 4.79 Å². The van der Waals surface area contributed by atoms with E-state index in [1.807, 2.05) is 30.3 Å². The molecule has 0 aliphatic heterocycles. The Morgan fingerprint density at radius 2 is 1.95 bits per heavy atom. The molecule has 0 aliphatic rings. The lowest BCUT2D eigenvalue weighted by molar-refractivity contribution is 0.108. The number of ether oxygens (including phenoxy) is 1. The third-order valence-electron chi connectivity index (χ3n) is 2.63. The first kappa shape index (κ1) is 14.1. The molecular formula is C15H15ClO2S. The van der Waals surface area contributed by atoms with Crippen LogP contribution in [0.3, 0.4) is 0 Å². The third-order valence-corrected chi connectivity index (χ3v) is 4.03. The largest absolute Gasteiger partial charge is 0.494 e. The van der Waals surface area contributed by atoms with Crippen molar-refractivity contribution in [3.63, 3.8) is 0 Å². The summed E-state index contributed by atoms with van der Waals surface area (Å²) >= 11 is 6.88. The molecule has 0 unspecified atom stereocenters. The monoisotopic (exact) mass is 294 g/mol. The Bertz CT molecular complexity index is 546. The zero-order valence-corrected chi connectivity index (χ0v) is 12.3. The molecular weight excluding hydrogens is 280 g/mol. The lowest BCUT2D eigenvalue weighted by Crippen LogP contribution is -1.94. The number of thiophene rings is 1. The van der Waals surface area contributed by atoms with Gasteiger partial charge in [-0.15, -0.1) is 11.3 Å². The van der Waals surface area contributed by atoms with Gasteiger partial charge >= 0.3 is 0 Å². The molecule has 0 atom stereocenters. The molecule has 100 valence electrons. The summed E-state index contributed by atoms with van der Waals surface area (Å²) in [5.74, 6) is 0.897. The molecule has 0 saturated carbocycles. The second kappa shape index (κ2) is 6.73. The summed E-state index contributed by atoms with van der Waals surface area (Å²) in [5.41, 5.74) is 1.19. The van der Waals surface area contributed by atoms with E-state index in [1.54, 1.807) is 6.07 Å². The van der Waals surface area contributed by atoms with Crippen LogP contribution < -0.4 is 4.74 Å². The van der Waals surface area contributed by atoms with Gasteiger partial charge in [0.1, 0.15) is 5.75 Å². The van der Waals surface area contributed by atoms with Gasteiger partial charge in [0.05, 0.1) is 11.5 Å². The fraction of sp³-hybridized carbons (Fsp3) is 0.267. The summed E-state index contributed by atoms with van der Waals surface area (Å²) in [5, 5.41) is -0.389. The van der Waals surface area contributed by atoms with Crippen LogP contribution in [0.1, 0.15) is 33.5 Å². The predicted octanol–water partition coefficient (Wildman–Crippen LogP) is 4.51. The van der Waals surface area contributed by atoms with Gasteiger partial charge in [-0.2, -0.15) is 0 Å². The molecule has 1 aromatic heterocycles. The van der Waals surface area contributed by atoms with Crippen LogP contribution in [0.25, 0.3) is 0 Å². The Morgan fingerprint density at radius 1 is 1.21 bits per heavy atom. The van der Waals surface area contributed by atoms with Gasteiger partial charge in [0.15, 0.2) is 0 Å². The minimum Gasteiger partial charge on any atom is -0.494 e. The Morgan fingerprint density at radius 3 is 2.53 bits per heavy atom. The van der Waals surface area contributed by atoms with Gasteiger partial charge in [-0.05, 0) is 47.9 Å². The minimum atomic E-state index is -0.389. The van der Waals surface area contributed by atoms with Gasteiger partial charge in [-0.25, -0.2) is 0 Å². The van der Waals surface area contributed by atoms with Crippen LogP contribution in [0.15, 0.2) is 36.4 Å². The van der Waals surface area contributed by atoms with Crippen molar-refractivity contribution in [2.75, 3.05) is 6.61 Å². The number of hydrogen-bond donors (Lipinski definition) is 0. The zero-order chi connectivity index (χ0) is 13.7. The van der Waals surface area contributed by atoms with Gasteiger partial charge in [-0.1, -0.05) is 19.1 Å². The van der Waals surface area contributed by atoms with Gasteiger partial charge < -0.3 is 4.74 Å². The molecule has 4 heteroatoms. The van der Waals surface area contributed by atoms with E-state index in [4.69, 9.17) is 16.3 Å².